The van der Waals surface area contributed by atoms with Gasteiger partial charge >= 0.3 is 0 Å². The number of halogens is 1. The highest BCUT2D eigenvalue weighted by molar-refractivity contribution is 6.31. The summed E-state index contributed by atoms with van der Waals surface area (Å²) in [6.45, 7) is 2.26. The molecule has 0 amide bonds. The van der Waals surface area contributed by atoms with Gasteiger partial charge in [0.1, 0.15) is 0 Å². The molecule has 2 rings (SSSR count). The van der Waals surface area contributed by atoms with Crippen molar-refractivity contribution in [1.82, 2.24) is 5.32 Å². The molecule has 1 aliphatic heterocycles. The van der Waals surface area contributed by atoms with Gasteiger partial charge in [-0.25, -0.2) is 0 Å². The fourth-order valence-corrected chi connectivity index (χ4v) is 3.79. The van der Waals surface area contributed by atoms with Gasteiger partial charge in [0.2, 0.25) is 0 Å². The smallest absolute Gasteiger partial charge is 0.0981 e. The number of rotatable bonds is 7. The van der Waals surface area contributed by atoms with Crippen LogP contribution >= 0.6 is 11.6 Å². The highest BCUT2D eigenvalue weighted by Crippen LogP contribution is 2.43. The van der Waals surface area contributed by atoms with Gasteiger partial charge in [-0.05, 0) is 44.7 Å². The van der Waals surface area contributed by atoms with E-state index in [1.54, 1.807) is 7.11 Å². The van der Waals surface area contributed by atoms with E-state index in [0.29, 0.717) is 5.92 Å². The fraction of sp³-hybridized carbons (Fsp3) is 0.647. The number of hydrogen-bond acceptors (Lipinski definition) is 3. The monoisotopic (exact) mass is 311 g/mol. The molecule has 0 unspecified atom stereocenters. The molecule has 0 saturated carbocycles. The number of nitrogens with one attached hydrogen (secondary N) is 1. The number of aliphatic hydroxyl groups excluding tert-OH is 1. The van der Waals surface area contributed by atoms with E-state index in [4.69, 9.17) is 21.4 Å². The van der Waals surface area contributed by atoms with Gasteiger partial charge in [0.25, 0.3) is 0 Å². The molecule has 1 aromatic rings. The van der Waals surface area contributed by atoms with Crippen LogP contribution in [0.25, 0.3) is 0 Å². The zero-order valence-corrected chi connectivity index (χ0v) is 13.5. The predicted octanol–water partition coefficient (Wildman–Crippen LogP) is 3.34. The highest BCUT2D eigenvalue weighted by atomic mass is 35.5. The van der Waals surface area contributed by atoms with Gasteiger partial charge in [0, 0.05) is 36.8 Å². The van der Waals surface area contributed by atoms with Crippen molar-refractivity contribution in [3.8, 4) is 0 Å². The van der Waals surface area contributed by atoms with E-state index in [0.717, 1.165) is 49.4 Å². The summed E-state index contributed by atoms with van der Waals surface area (Å²) < 4.78 is 6.08. The molecular formula is C17H26ClNO2. The maximum Gasteiger partial charge on any atom is 0.0981 e. The Balaban J connectivity index is 2.33. The normalized spacial score (nSPS) is 22.0. The minimum Gasteiger partial charge on any atom is -0.396 e. The van der Waals surface area contributed by atoms with E-state index < -0.39 is 0 Å². The van der Waals surface area contributed by atoms with Crippen LogP contribution in [0.15, 0.2) is 24.3 Å². The minimum atomic E-state index is -0.360. The number of piperidine rings is 1. The molecule has 3 nitrogen and oxygen atoms in total. The second-order valence-corrected chi connectivity index (χ2v) is 6.20. The third-order valence-electron chi connectivity index (χ3n) is 4.61. The molecule has 0 aromatic heterocycles. The van der Waals surface area contributed by atoms with E-state index >= 15 is 0 Å². The minimum absolute atomic E-state index is 0.227. The van der Waals surface area contributed by atoms with Crippen LogP contribution in [-0.2, 0) is 10.3 Å². The zero-order chi connectivity index (χ0) is 15.1. The second kappa shape index (κ2) is 8.14. The summed E-state index contributed by atoms with van der Waals surface area (Å²) in [5.74, 6) is 0.412. The maximum absolute atomic E-state index is 9.09. The maximum atomic E-state index is 9.09. The third-order valence-corrected chi connectivity index (χ3v) is 4.94. The van der Waals surface area contributed by atoms with Crippen LogP contribution in [0.3, 0.4) is 0 Å². The molecule has 2 atom stereocenters. The molecule has 21 heavy (non-hydrogen) atoms. The molecule has 4 heteroatoms. The molecule has 1 heterocycles. The van der Waals surface area contributed by atoms with E-state index in [1.165, 1.54) is 6.42 Å². The first-order valence-corrected chi connectivity index (χ1v) is 8.24. The first-order valence-electron chi connectivity index (χ1n) is 7.86. The molecule has 0 aliphatic carbocycles. The molecule has 1 saturated heterocycles. The standard InChI is InChI=1S/C17H26ClNO2/c1-21-17(10-4-5-12-20,14-7-6-11-19-13-14)15-8-2-3-9-16(15)18/h2-3,8-9,14,19-20H,4-7,10-13H2,1H3/t14-,17+/m1/s1. The van der Waals surface area contributed by atoms with Crippen molar-refractivity contribution in [1.29, 1.82) is 0 Å². The molecule has 0 bridgehead atoms. The Labute approximate surface area is 132 Å². The lowest BCUT2D eigenvalue weighted by atomic mass is 9.74. The summed E-state index contributed by atoms with van der Waals surface area (Å²) in [5, 5.41) is 13.3. The number of hydrogen-bond donors (Lipinski definition) is 2. The molecule has 2 N–H and O–H groups in total. The lowest BCUT2D eigenvalue weighted by molar-refractivity contribution is -0.0797. The van der Waals surface area contributed by atoms with Crippen molar-refractivity contribution in [2.24, 2.45) is 5.92 Å². The number of benzene rings is 1. The van der Waals surface area contributed by atoms with E-state index in [2.05, 4.69) is 11.4 Å². The van der Waals surface area contributed by atoms with Crippen LogP contribution in [0.2, 0.25) is 5.02 Å². The van der Waals surface area contributed by atoms with Gasteiger partial charge in [-0.2, -0.15) is 0 Å². The van der Waals surface area contributed by atoms with Crippen molar-refractivity contribution in [2.45, 2.75) is 37.7 Å². The van der Waals surface area contributed by atoms with Gasteiger partial charge < -0.3 is 15.2 Å². The summed E-state index contributed by atoms with van der Waals surface area (Å²) in [6.07, 6.45) is 4.94. The second-order valence-electron chi connectivity index (χ2n) is 5.80. The van der Waals surface area contributed by atoms with E-state index in [1.807, 2.05) is 18.2 Å². The lowest BCUT2D eigenvalue weighted by Gasteiger charge is -2.43. The molecule has 118 valence electrons. The van der Waals surface area contributed by atoms with Gasteiger partial charge in [0.05, 0.1) is 5.60 Å². The lowest BCUT2D eigenvalue weighted by Crippen LogP contribution is -2.45. The Kier molecular flexibility index (Phi) is 6.49. The Morgan fingerprint density at radius 1 is 1.38 bits per heavy atom. The van der Waals surface area contributed by atoms with Crippen LogP contribution in [0, 0.1) is 5.92 Å². The van der Waals surface area contributed by atoms with Crippen molar-refractivity contribution >= 4 is 11.6 Å². The molecule has 1 aliphatic rings. The first kappa shape index (κ1) is 16.8. The average molecular weight is 312 g/mol. The summed E-state index contributed by atoms with van der Waals surface area (Å²) in [4.78, 5) is 0. The quantitative estimate of drug-likeness (QED) is 0.759. The third kappa shape index (κ3) is 3.78. The van der Waals surface area contributed by atoms with Gasteiger partial charge in [-0.1, -0.05) is 29.8 Å². The summed E-state index contributed by atoms with van der Waals surface area (Å²) in [5.41, 5.74) is 0.724. The number of aliphatic hydroxyl groups is 1. The van der Waals surface area contributed by atoms with Gasteiger partial charge in [-0.15, -0.1) is 0 Å². The average Bonchev–Trinajstić information content (AvgIpc) is 2.54. The Morgan fingerprint density at radius 2 is 2.19 bits per heavy atom. The van der Waals surface area contributed by atoms with Gasteiger partial charge in [0.15, 0.2) is 0 Å². The van der Waals surface area contributed by atoms with Crippen molar-refractivity contribution in [2.75, 3.05) is 26.8 Å². The molecule has 0 radical (unpaired) electrons. The number of methoxy groups -OCH3 is 1. The SMILES string of the molecule is CO[C@](CCCCO)(c1ccccc1Cl)[C@@H]1CCCNC1. The van der Waals surface area contributed by atoms with E-state index in [9.17, 15) is 0 Å². The molecule has 1 aromatic carbocycles. The van der Waals surface area contributed by atoms with Crippen LogP contribution in [0.5, 0.6) is 0 Å². The Morgan fingerprint density at radius 3 is 2.81 bits per heavy atom. The largest absolute Gasteiger partial charge is 0.396 e. The van der Waals surface area contributed by atoms with Crippen LogP contribution < -0.4 is 5.32 Å². The first-order chi connectivity index (χ1) is 10.2. The fourth-order valence-electron chi connectivity index (χ4n) is 3.49. The number of unbranched alkanes of at least 4 members (excludes halogenated alkanes) is 1. The van der Waals surface area contributed by atoms with Crippen LogP contribution in [0.1, 0.15) is 37.7 Å². The highest BCUT2D eigenvalue weighted by Gasteiger charge is 2.41. The Hall–Kier alpha value is -0.610. The van der Waals surface area contributed by atoms with Crippen molar-refractivity contribution in [3.63, 3.8) is 0 Å². The predicted molar refractivity (Wildman–Crippen MR) is 86.7 cm³/mol. The van der Waals surface area contributed by atoms with E-state index in [-0.39, 0.29) is 12.2 Å². The molecule has 0 spiro atoms. The molecule has 1 fully saturated rings. The zero-order valence-electron chi connectivity index (χ0n) is 12.8. The van der Waals surface area contributed by atoms with Crippen molar-refractivity contribution < 1.29 is 9.84 Å². The van der Waals surface area contributed by atoms with Crippen LogP contribution in [-0.4, -0.2) is 31.9 Å². The summed E-state index contributed by atoms with van der Waals surface area (Å²) in [6, 6.07) is 8.00. The summed E-state index contributed by atoms with van der Waals surface area (Å²) in [7, 11) is 1.79. The Bertz CT molecular complexity index is 435. The van der Waals surface area contributed by atoms with Gasteiger partial charge in [-0.3, -0.25) is 0 Å². The topological polar surface area (TPSA) is 41.5 Å². The number of ether oxygens (including phenoxy) is 1. The molecular weight excluding hydrogens is 286 g/mol. The summed E-state index contributed by atoms with van der Waals surface area (Å²) >= 11 is 6.47. The van der Waals surface area contributed by atoms with Crippen molar-refractivity contribution in [3.05, 3.63) is 34.9 Å². The van der Waals surface area contributed by atoms with Crippen LogP contribution in [0.4, 0.5) is 0 Å².